The van der Waals surface area contributed by atoms with Crippen molar-refractivity contribution in [2.24, 2.45) is 0 Å². The average Bonchev–Trinajstić information content (AvgIpc) is 3.07. The zero-order valence-corrected chi connectivity index (χ0v) is 17.6. The van der Waals surface area contributed by atoms with Gasteiger partial charge in [-0.25, -0.2) is 4.98 Å². The Kier molecular flexibility index (Phi) is 4.96. The van der Waals surface area contributed by atoms with Crippen LogP contribution in [0.5, 0.6) is 0 Å². The molecule has 3 aromatic carbocycles. The molecule has 0 fully saturated rings. The second kappa shape index (κ2) is 7.41. The Morgan fingerprint density at radius 1 is 1.04 bits per heavy atom. The molecule has 0 saturated carbocycles. The average molecular weight is 456 g/mol. The number of nitrogens with zero attached hydrogens (tertiary/aromatic N) is 1. The molecule has 0 aliphatic rings. The molecule has 1 heterocycles. The van der Waals surface area contributed by atoms with Crippen molar-refractivity contribution < 1.29 is 9.21 Å². The third-order valence-corrected chi connectivity index (χ3v) is 5.39. The van der Waals surface area contributed by atoms with E-state index >= 15 is 0 Å². The first-order valence-corrected chi connectivity index (χ1v) is 9.82. The molecule has 1 aromatic heterocycles. The first-order chi connectivity index (χ1) is 13.4. The number of carbonyl (C=O) groups excluding carboxylic acids is 1. The van der Waals surface area contributed by atoms with Gasteiger partial charge in [0, 0.05) is 15.7 Å². The smallest absolute Gasteiger partial charge is 0.257 e. The quantitative estimate of drug-likeness (QED) is 0.370. The predicted molar refractivity (Wildman–Crippen MR) is 116 cm³/mol. The highest BCUT2D eigenvalue weighted by Gasteiger charge is 2.13. The van der Waals surface area contributed by atoms with Crippen LogP contribution in [0.15, 0.2) is 63.5 Å². The maximum atomic E-state index is 12.5. The van der Waals surface area contributed by atoms with Crippen LogP contribution in [0.4, 0.5) is 5.69 Å². The molecule has 0 radical (unpaired) electrons. The second-order valence-electron chi connectivity index (χ2n) is 6.58. The number of hydrogen-bond acceptors (Lipinski definition) is 3. The Bertz CT molecular complexity index is 1160. The van der Waals surface area contributed by atoms with Crippen LogP contribution < -0.4 is 5.32 Å². The monoisotopic (exact) mass is 454 g/mol. The van der Waals surface area contributed by atoms with Crippen molar-refractivity contribution in [2.45, 2.75) is 13.8 Å². The number of oxazole rings is 1. The van der Waals surface area contributed by atoms with E-state index < -0.39 is 0 Å². The van der Waals surface area contributed by atoms with Crippen molar-refractivity contribution in [3.8, 4) is 11.5 Å². The third-order valence-electron chi connectivity index (χ3n) is 4.57. The number of aromatic nitrogens is 1. The SMILES string of the molecule is Cc1cc2nc(-c3ccc(NC(=O)c4cc(Br)ccc4Cl)cc3)oc2cc1C. The number of benzene rings is 3. The van der Waals surface area contributed by atoms with Crippen molar-refractivity contribution in [3.05, 3.63) is 80.8 Å². The van der Waals surface area contributed by atoms with Gasteiger partial charge in [-0.1, -0.05) is 27.5 Å². The molecule has 0 spiro atoms. The second-order valence-corrected chi connectivity index (χ2v) is 7.90. The molecular weight excluding hydrogens is 440 g/mol. The Morgan fingerprint density at radius 3 is 2.50 bits per heavy atom. The van der Waals surface area contributed by atoms with Crippen molar-refractivity contribution in [2.75, 3.05) is 5.32 Å². The number of fused-ring (bicyclic) bond motifs is 1. The van der Waals surface area contributed by atoms with Gasteiger partial charge in [-0.15, -0.1) is 0 Å². The van der Waals surface area contributed by atoms with E-state index in [0.29, 0.717) is 22.2 Å². The Labute approximate surface area is 175 Å². The minimum Gasteiger partial charge on any atom is -0.436 e. The topological polar surface area (TPSA) is 55.1 Å². The van der Waals surface area contributed by atoms with Gasteiger partial charge in [0.05, 0.1) is 10.6 Å². The van der Waals surface area contributed by atoms with Gasteiger partial charge < -0.3 is 9.73 Å². The maximum absolute atomic E-state index is 12.5. The van der Waals surface area contributed by atoms with Crippen molar-refractivity contribution >= 4 is 50.2 Å². The fourth-order valence-corrected chi connectivity index (χ4v) is 3.43. The van der Waals surface area contributed by atoms with E-state index in [1.807, 2.05) is 43.3 Å². The molecule has 4 aromatic rings. The van der Waals surface area contributed by atoms with Gasteiger partial charge in [0.2, 0.25) is 5.89 Å². The summed E-state index contributed by atoms with van der Waals surface area (Å²) in [6, 6.07) is 16.5. The highest BCUT2D eigenvalue weighted by atomic mass is 79.9. The molecule has 0 saturated heterocycles. The molecule has 0 bridgehead atoms. The molecular formula is C22H16BrClN2O2. The summed E-state index contributed by atoms with van der Waals surface area (Å²) in [5.74, 6) is 0.278. The summed E-state index contributed by atoms with van der Waals surface area (Å²) >= 11 is 9.47. The summed E-state index contributed by atoms with van der Waals surface area (Å²) in [5, 5.41) is 3.25. The fourth-order valence-electron chi connectivity index (χ4n) is 2.87. The molecule has 0 unspecified atom stereocenters. The molecule has 1 amide bonds. The number of rotatable bonds is 3. The zero-order valence-electron chi connectivity index (χ0n) is 15.2. The van der Waals surface area contributed by atoms with E-state index in [0.717, 1.165) is 21.1 Å². The van der Waals surface area contributed by atoms with Crippen LogP contribution in [0.2, 0.25) is 5.02 Å². The number of anilines is 1. The van der Waals surface area contributed by atoms with E-state index in [9.17, 15) is 4.79 Å². The predicted octanol–water partition coefficient (Wildman–Crippen LogP) is 6.78. The number of halogens is 2. The largest absolute Gasteiger partial charge is 0.436 e. The van der Waals surface area contributed by atoms with Gasteiger partial charge in [0.25, 0.3) is 5.91 Å². The van der Waals surface area contributed by atoms with E-state index in [4.69, 9.17) is 16.0 Å². The molecule has 1 N–H and O–H groups in total. The molecule has 140 valence electrons. The number of hydrogen-bond donors (Lipinski definition) is 1. The lowest BCUT2D eigenvalue weighted by Crippen LogP contribution is -2.12. The van der Waals surface area contributed by atoms with Crippen LogP contribution in [0, 0.1) is 13.8 Å². The van der Waals surface area contributed by atoms with Crippen LogP contribution in [0.3, 0.4) is 0 Å². The van der Waals surface area contributed by atoms with E-state index in [1.54, 1.807) is 18.2 Å². The number of carbonyl (C=O) groups is 1. The van der Waals surface area contributed by atoms with Crippen LogP contribution in [-0.4, -0.2) is 10.9 Å². The lowest BCUT2D eigenvalue weighted by Gasteiger charge is -2.07. The standard InChI is InChI=1S/C22H16BrClN2O2/c1-12-9-19-20(10-13(12)2)28-22(26-19)14-3-6-16(7-4-14)25-21(27)17-11-15(23)5-8-18(17)24/h3-11H,1-2H3,(H,25,27). The number of amides is 1. The van der Waals surface area contributed by atoms with Crippen LogP contribution >= 0.6 is 27.5 Å². The fraction of sp³-hybridized carbons (Fsp3) is 0.0909. The lowest BCUT2D eigenvalue weighted by molar-refractivity contribution is 0.102. The molecule has 4 rings (SSSR count). The Hall–Kier alpha value is -2.63. The summed E-state index contributed by atoms with van der Waals surface area (Å²) < 4.78 is 6.68. The van der Waals surface area contributed by atoms with Crippen LogP contribution in [0.25, 0.3) is 22.6 Å². The van der Waals surface area contributed by atoms with Gasteiger partial charge in [-0.05, 0) is 79.6 Å². The van der Waals surface area contributed by atoms with Gasteiger partial charge in [0.15, 0.2) is 5.58 Å². The Balaban J connectivity index is 1.57. The third kappa shape index (κ3) is 3.68. The van der Waals surface area contributed by atoms with Crippen molar-refractivity contribution in [1.29, 1.82) is 0 Å². The van der Waals surface area contributed by atoms with Crippen molar-refractivity contribution in [3.63, 3.8) is 0 Å². The van der Waals surface area contributed by atoms with Crippen LogP contribution in [-0.2, 0) is 0 Å². The molecule has 28 heavy (non-hydrogen) atoms. The molecule has 6 heteroatoms. The highest BCUT2D eigenvalue weighted by molar-refractivity contribution is 9.10. The summed E-state index contributed by atoms with van der Waals surface area (Å²) in [7, 11) is 0. The molecule has 0 aliphatic carbocycles. The minimum atomic E-state index is -0.271. The van der Waals surface area contributed by atoms with Gasteiger partial charge >= 0.3 is 0 Å². The van der Waals surface area contributed by atoms with Gasteiger partial charge in [0.1, 0.15) is 5.52 Å². The summed E-state index contributed by atoms with van der Waals surface area (Å²) in [5.41, 5.74) is 5.85. The maximum Gasteiger partial charge on any atom is 0.257 e. The van der Waals surface area contributed by atoms with E-state index in [2.05, 4.69) is 33.2 Å². The van der Waals surface area contributed by atoms with E-state index in [-0.39, 0.29) is 5.91 Å². The van der Waals surface area contributed by atoms with Gasteiger partial charge in [-0.3, -0.25) is 4.79 Å². The normalized spacial score (nSPS) is 11.0. The Morgan fingerprint density at radius 2 is 1.75 bits per heavy atom. The van der Waals surface area contributed by atoms with Crippen molar-refractivity contribution in [1.82, 2.24) is 4.98 Å². The van der Waals surface area contributed by atoms with Crippen LogP contribution in [0.1, 0.15) is 21.5 Å². The number of nitrogens with one attached hydrogen (secondary N) is 1. The number of aryl methyl sites for hydroxylation is 2. The first-order valence-electron chi connectivity index (χ1n) is 8.65. The molecule has 0 aliphatic heterocycles. The summed E-state index contributed by atoms with van der Waals surface area (Å²) in [4.78, 5) is 17.0. The minimum absolute atomic E-state index is 0.271. The zero-order chi connectivity index (χ0) is 19.8. The first kappa shape index (κ1) is 18.7. The highest BCUT2D eigenvalue weighted by Crippen LogP contribution is 2.28. The van der Waals surface area contributed by atoms with E-state index in [1.165, 1.54) is 11.1 Å². The summed E-state index contributed by atoms with van der Waals surface area (Å²) in [6.07, 6.45) is 0. The van der Waals surface area contributed by atoms with Gasteiger partial charge in [-0.2, -0.15) is 0 Å². The molecule has 4 nitrogen and oxygen atoms in total. The molecule has 0 atom stereocenters. The summed E-state index contributed by atoms with van der Waals surface area (Å²) in [6.45, 7) is 4.10. The lowest BCUT2D eigenvalue weighted by atomic mass is 10.1.